The maximum atomic E-state index is 10.7. The zero-order valence-electron chi connectivity index (χ0n) is 7.83. The van der Waals surface area contributed by atoms with Gasteiger partial charge in [0.25, 0.3) is 10.1 Å². The van der Waals surface area contributed by atoms with E-state index in [1.807, 2.05) is 0 Å². The third-order valence-electron chi connectivity index (χ3n) is 2.61. The van der Waals surface area contributed by atoms with E-state index in [1.54, 1.807) is 0 Å². The lowest BCUT2D eigenvalue weighted by molar-refractivity contribution is 0.000191. The first-order valence-corrected chi connectivity index (χ1v) is 6.04. The van der Waals surface area contributed by atoms with Crippen molar-refractivity contribution in [2.45, 2.75) is 39.2 Å². The SMILES string of the molecule is CCC1(C)CC(OS(C)(=O)=O)C1. The first-order chi connectivity index (χ1) is 5.35. The monoisotopic (exact) mass is 192 g/mol. The van der Waals surface area contributed by atoms with Crippen molar-refractivity contribution >= 4 is 10.1 Å². The van der Waals surface area contributed by atoms with Gasteiger partial charge in [0.15, 0.2) is 0 Å². The summed E-state index contributed by atoms with van der Waals surface area (Å²) in [5.74, 6) is 0. The van der Waals surface area contributed by atoms with Crippen molar-refractivity contribution in [2.75, 3.05) is 6.26 Å². The van der Waals surface area contributed by atoms with E-state index in [-0.39, 0.29) is 6.10 Å². The molecular weight excluding hydrogens is 176 g/mol. The molecule has 0 radical (unpaired) electrons. The molecule has 3 nitrogen and oxygen atoms in total. The third kappa shape index (κ3) is 2.45. The third-order valence-corrected chi connectivity index (χ3v) is 3.23. The van der Waals surface area contributed by atoms with E-state index >= 15 is 0 Å². The highest BCUT2D eigenvalue weighted by molar-refractivity contribution is 7.86. The lowest BCUT2D eigenvalue weighted by Gasteiger charge is -2.43. The first kappa shape index (κ1) is 9.99. The van der Waals surface area contributed by atoms with Gasteiger partial charge in [0.2, 0.25) is 0 Å². The van der Waals surface area contributed by atoms with Crippen LogP contribution in [0.2, 0.25) is 0 Å². The predicted octanol–water partition coefficient (Wildman–Crippen LogP) is 1.54. The van der Waals surface area contributed by atoms with Gasteiger partial charge in [0.05, 0.1) is 12.4 Å². The van der Waals surface area contributed by atoms with Crippen LogP contribution in [0.4, 0.5) is 0 Å². The van der Waals surface area contributed by atoms with Crippen LogP contribution >= 0.6 is 0 Å². The minimum absolute atomic E-state index is 0.0649. The van der Waals surface area contributed by atoms with Crippen molar-refractivity contribution in [1.29, 1.82) is 0 Å². The van der Waals surface area contributed by atoms with E-state index in [0.717, 1.165) is 25.5 Å². The maximum Gasteiger partial charge on any atom is 0.264 e. The van der Waals surface area contributed by atoms with E-state index in [0.29, 0.717) is 5.41 Å². The zero-order valence-corrected chi connectivity index (χ0v) is 8.65. The quantitative estimate of drug-likeness (QED) is 0.637. The highest BCUT2D eigenvalue weighted by Crippen LogP contribution is 2.45. The molecule has 4 heteroatoms. The molecule has 72 valence electrons. The summed E-state index contributed by atoms with van der Waals surface area (Å²) >= 11 is 0. The van der Waals surface area contributed by atoms with Crippen molar-refractivity contribution < 1.29 is 12.6 Å². The number of hydrogen-bond acceptors (Lipinski definition) is 3. The Balaban J connectivity index is 2.36. The number of rotatable bonds is 3. The van der Waals surface area contributed by atoms with Crippen LogP contribution < -0.4 is 0 Å². The fourth-order valence-electron chi connectivity index (χ4n) is 1.64. The second-order valence-electron chi connectivity index (χ2n) is 3.99. The molecule has 1 saturated carbocycles. The smallest absolute Gasteiger partial charge is 0.264 e. The van der Waals surface area contributed by atoms with Crippen LogP contribution in [0.1, 0.15) is 33.1 Å². The Morgan fingerprint density at radius 1 is 1.50 bits per heavy atom. The van der Waals surface area contributed by atoms with Crippen LogP contribution in [0.5, 0.6) is 0 Å². The van der Waals surface area contributed by atoms with Crippen LogP contribution in [0.25, 0.3) is 0 Å². The second-order valence-corrected chi connectivity index (χ2v) is 5.60. The van der Waals surface area contributed by atoms with Gasteiger partial charge in [0.1, 0.15) is 0 Å². The van der Waals surface area contributed by atoms with Gasteiger partial charge in [-0.2, -0.15) is 8.42 Å². The van der Waals surface area contributed by atoms with Gasteiger partial charge in [-0.05, 0) is 18.3 Å². The van der Waals surface area contributed by atoms with E-state index in [4.69, 9.17) is 4.18 Å². The molecule has 0 aliphatic heterocycles. The zero-order chi connectivity index (χ0) is 9.41. The van der Waals surface area contributed by atoms with Gasteiger partial charge in [-0.3, -0.25) is 4.18 Å². The van der Waals surface area contributed by atoms with Gasteiger partial charge in [-0.1, -0.05) is 20.3 Å². The van der Waals surface area contributed by atoms with Crippen LogP contribution in [-0.4, -0.2) is 20.8 Å². The average Bonchev–Trinajstić information content (AvgIpc) is 1.81. The lowest BCUT2D eigenvalue weighted by atomic mass is 9.67. The molecule has 0 spiro atoms. The minimum atomic E-state index is -3.24. The molecule has 1 fully saturated rings. The molecule has 0 aromatic heterocycles. The highest BCUT2D eigenvalue weighted by atomic mass is 32.2. The van der Waals surface area contributed by atoms with Gasteiger partial charge in [0, 0.05) is 0 Å². The Morgan fingerprint density at radius 3 is 2.33 bits per heavy atom. The van der Waals surface area contributed by atoms with Crippen LogP contribution in [0.15, 0.2) is 0 Å². The van der Waals surface area contributed by atoms with Crippen LogP contribution in [-0.2, 0) is 14.3 Å². The van der Waals surface area contributed by atoms with Gasteiger partial charge >= 0.3 is 0 Å². The largest absolute Gasteiger partial charge is 0.267 e. The molecule has 0 aromatic rings. The van der Waals surface area contributed by atoms with E-state index in [1.165, 1.54) is 0 Å². The molecule has 1 aliphatic carbocycles. The first-order valence-electron chi connectivity index (χ1n) is 4.23. The average molecular weight is 192 g/mol. The van der Waals surface area contributed by atoms with Crippen molar-refractivity contribution in [1.82, 2.24) is 0 Å². The predicted molar refractivity (Wildman–Crippen MR) is 47.3 cm³/mol. The molecule has 0 bridgehead atoms. The normalized spacial score (nSPS) is 36.1. The molecule has 1 rings (SSSR count). The number of hydrogen-bond donors (Lipinski definition) is 0. The standard InChI is InChI=1S/C8H16O3S/c1-4-8(2)5-7(6-8)11-12(3,9)10/h7H,4-6H2,1-3H3. The highest BCUT2D eigenvalue weighted by Gasteiger charge is 2.40. The maximum absolute atomic E-state index is 10.7. The summed E-state index contributed by atoms with van der Waals surface area (Å²) in [5, 5.41) is 0. The molecule has 0 aromatic carbocycles. The Hall–Kier alpha value is -0.0900. The van der Waals surface area contributed by atoms with Crippen molar-refractivity contribution in [3.05, 3.63) is 0 Å². The molecule has 0 unspecified atom stereocenters. The van der Waals surface area contributed by atoms with Crippen LogP contribution in [0, 0.1) is 5.41 Å². The summed E-state index contributed by atoms with van der Waals surface area (Å²) in [6, 6.07) is 0. The van der Waals surface area contributed by atoms with E-state index in [9.17, 15) is 8.42 Å². The molecule has 0 atom stereocenters. The molecule has 12 heavy (non-hydrogen) atoms. The van der Waals surface area contributed by atoms with E-state index in [2.05, 4.69) is 13.8 Å². The second kappa shape index (κ2) is 3.00. The summed E-state index contributed by atoms with van der Waals surface area (Å²) in [7, 11) is -3.24. The van der Waals surface area contributed by atoms with Gasteiger partial charge in [-0.25, -0.2) is 0 Å². The van der Waals surface area contributed by atoms with Crippen molar-refractivity contribution in [3.8, 4) is 0 Å². The molecule has 0 N–H and O–H groups in total. The van der Waals surface area contributed by atoms with Crippen LogP contribution in [0.3, 0.4) is 0 Å². The van der Waals surface area contributed by atoms with Gasteiger partial charge in [-0.15, -0.1) is 0 Å². The molecule has 0 heterocycles. The Labute approximate surface area is 74.2 Å². The molecule has 0 amide bonds. The summed E-state index contributed by atoms with van der Waals surface area (Å²) < 4.78 is 26.3. The topological polar surface area (TPSA) is 43.4 Å². The van der Waals surface area contributed by atoms with E-state index < -0.39 is 10.1 Å². The molecule has 0 saturated heterocycles. The Kier molecular flexibility index (Phi) is 2.50. The summed E-state index contributed by atoms with van der Waals surface area (Å²) in [6.45, 7) is 4.28. The fourth-order valence-corrected chi connectivity index (χ4v) is 2.27. The summed E-state index contributed by atoms with van der Waals surface area (Å²) in [5.41, 5.74) is 0.315. The Morgan fingerprint density at radius 2 is 2.00 bits per heavy atom. The lowest BCUT2D eigenvalue weighted by Crippen LogP contribution is -2.40. The van der Waals surface area contributed by atoms with Crippen molar-refractivity contribution in [3.63, 3.8) is 0 Å². The Bertz CT molecular complexity index is 249. The molecule has 1 aliphatic rings. The molecular formula is C8H16O3S. The van der Waals surface area contributed by atoms with Crippen molar-refractivity contribution in [2.24, 2.45) is 5.41 Å². The summed E-state index contributed by atoms with van der Waals surface area (Å²) in [4.78, 5) is 0. The fraction of sp³-hybridized carbons (Fsp3) is 1.00. The van der Waals surface area contributed by atoms with Gasteiger partial charge < -0.3 is 0 Å². The summed E-state index contributed by atoms with van der Waals surface area (Å²) in [6.07, 6.45) is 3.88. The minimum Gasteiger partial charge on any atom is -0.267 e.